The van der Waals surface area contributed by atoms with E-state index in [4.69, 9.17) is 9.47 Å². The second-order valence-electron chi connectivity index (χ2n) is 13.3. The monoisotopic (exact) mass is 588 g/mol. The molecule has 0 saturated heterocycles. The summed E-state index contributed by atoms with van der Waals surface area (Å²) in [6.45, 7) is 21.0. The molecule has 0 saturated carbocycles. The molecule has 4 aromatic carbocycles. The van der Waals surface area contributed by atoms with E-state index in [0.717, 1.165) is 24.0 Å². The SMILES string of the molecule is C=CC(=O)OCCCc1ccc(-c2cc(C(C)(C)C)cc3c(-c4ccc(COC(=O)C=C)cc4)cc(C(C)(C)C)cc23)cc1. The standard InChI is InChI=1S/C40H44O4/c1-9-37(41)43-21-11-12-27-13-17-29(18-14-27)33-22-31(39(3,4)5)25-36-34(23-32(24-35(33)36)40(6,7)8)30-19-15-28(16-20-30)26-44-38(42)10-2/h9-10,13-20,22-25H,1-2,11-12,21,26H2,3-8H3. The van der Waals surface area contributed by atoms with Crippen molar-refractivity contribution < 1.29 is 19.1 Å². The van der Waals surface area contributed by atoms with Gasteiger partial charge in [0, 0.05) is 12.2 Å². The maximum atomic E-state index is 11.6. The minimum atomic E-state index is -0.428. The number of carbonyl (C=O) groups is 2. The molecule has 0 heterocycles. The molecule has 0 aliphatic rings. The van der Waals surface area contributed by atoms with Gasteiger partial charge in [0.05, 0.1) is 6.61 Å². The van der Waals surface area contributed by atoms with Crippen molar-refractivity contribution in [3.8, 4) is 22.3 Å². The Morgan fingerprint density at radius 1 is 0.636 bits per heavy atom. The van der Waals surface area contributed by atoms with Crippen LogP contribution in [0.3, 0.4) is 0 Å². The number of fused-ring (bicyclic) bond motifs is 1. The van der Waals surface area contributed by atoms with Gasteiger partial charge in [0.2, 0.25) is 0 Å². The van der Waals surface area contributed by atoms with Crippen LogP contribution in [0, 0.1) is 0 Å². The summed E-state index contributed by atoms with van der Waals surface area (Å²) in [6, 6.07) is 26.4. The van der Waals surface area contributed by atoms with Crippen molar-refractivity contribution in [1.29, 1.82) is 0 Å². The summed E-state index contributed by atoms with van der Waals surface area (Å²) in [4.78, 5) is 22.9. The Hall–Kier alpha value is -4.44. The molecule has 0 unspecified atom stereocenters. The Balaban J connectivity index is 1.82. The second kappa shape index (κ2) is 13.5. The Bertz CT molecular complexity index is 1660. The zero-order valence-electron chi connectivity index (χ0n) is 27.0. The third-order valence-electron chi connectivity index (χ3n) is 7.90. The molecule has 4 rings (SSSR count). The van der Waals surface area contributed by atoms with Crippen molar-refractivity contribution in [1.82, 2.24) is 0 Å². The van der Waals surface area contributed by atoms with Crippen molar-refractivity contribution in [3.63, 3.8) is 0 Å². The number of aryl methyl sites for hydroxylation is 1. The molecule has 4 aromatic rings. The van der Waals surface area contributed by atoms with E-state index in [2.05, 4.69) is 115 Å². The van der Waals surface area contributed by atoms with Crippen molar-refractivity contribution in [3.05, 3.63) is 120 Å². The fourth-order valence-corrected chi connectivity index (χ4v) is 5.16. The third-order valence-corrected chi connectivity index (χ3v) is 7.90. The van der Waals surface area contributed by atoms with E-state index >= 15 is 0 Å². The van der Waals surface area contributed by atoms with Crippen LogP contribution < -0.4 is 0 Å². The maximum Gasteiger partial charge on any atom is 0.330 e. The van der Waals surface area contributed by atoms with Crippen LogP contribution in [0.25, 0.3) is 33.0 Å². The first-order valence-electron chi connectivity index (χ1n) is 15.2. The van der Waals surface area contributed by atoms with E-state index < -0.39 is 5.97 Å². The van der Waals surface area contributed by atoms with Gasteiger partial charge in [-0.1, -0.05) is 103 Å². The lowest BCUT2D eigenvalue weighted by molar-refractivity contribution is -0.139. The highest BCUT2D eigenvalue weighted by Gasteiger charge is 2.22. The van der Waals surface area contributed by atoms with E-state index in [1.165, 1.54) is 56.3 Å². The molecule has 0 aliphatic carbocycles. The minimum Gasteiger partial charge on any atom is -0.463 e. The molecule has 0 bridgehead atoms. The number of benzene rings is 4. The largest absolute Gasteiger partial charge is 0.463 e. The molecule has 4 heteroatoms. The molecule has 0 spiro atoms. The maximum absolute atomic E-state index is 11.6. The molecule has 0 radical (unpaired) electrons. The lowest BCUT2D eigenvalue weighted by atomic mass is 9.78. The lowest BCUT2D eigenvalue weighted by Gasteiger charge is -2.26. The van der Waals surface area contributed by atoms with Crippen LogP contribution in [0.5, 0.6) is 0 Å². The smallest absolute Gasteiger partial charge is 0.330 e. The van der Waals surface area contributed by atoms with Crippen LogP contribution in [0.1, 0.15) is 70.2 Å². The van der Waals surface area contributed by atoms with E-state index in [1.807, 2.05) is 12.1 Å². The normalized spacial score (nSPS) is 11.7. The average Bonchev–Trinajstić information content (AvgIpc) is 3.00. The van der Waals surface area contributed by atoms with Crippen LogP contribution >= 0.6 is 0 Å². The zero-order chi connectivity index (χ0) is 32.1. The van der Waals surface area contributed by atoms with Gasteiger partial charge in [0.15, 0.2) is 0 Å². The number of rotatable bonds is 10. The van der Waals surface area contributed by atoms with Gasteiger partial charge in [0.25, 0.3) is 0 Å². The first-order valence-corrected chi connectivity index (χ1v) is 15.2. The highest BCUT2D eigenvalue weighted by atomic mass is 16.5. The average molecular weight is 589 g/mol. The quantitative estimate of drug-likeness (QED) is 0.105. The lowest BCUT2D eigenvalue weighted by Crippen LogP contribution is -2.13. The second-order valence-corrected chi connectivity index (χ2v) is 13.3. The van der Waals surface area contributed by atoms with Crippen LogP contribution in [0.4, 0.5) is 0 Å². The first-order chi connectivity index (χ1) is 20.8. The molecular formula is C40H44O4. The third kappa shape index (κ3) is 7.93. The van der Waals surface area contributed by atoms with Crippen LogP contribution in [0.2, 0.25) is 0 Å². The Kier molecular flexibility index (Phi) is 9.94. The molecule has 0 atom stereocenters. The van der Waals surface area contributed by atoms with Crippen LogP contribution in [-0.4, -0.2) is 18.5 Å². The van der Waals surface area contributed by atoms with Gasteiger partial charge in [-0.3, -0.25) is 0 Å². The molecule has 0 N–H and O–H groups in total. The van der Waals surface area contributed by atoms with Gasteiger partial charge in [0.1, 0.15) is 6.61 Å². The molecule has 0 aromatic heterocycles. The molecule has 0 aliphatic heterocycles. The van der Waals surface area contributed by atoms with E-state index in [0.29, 0.717) is 6.61 Å². The van der Waals surface area contributed by atoms with Crippen LogP contribution in [-0.2, 0) is 42.9 Å². The molecule has 4 nitrogen and oxygen atoms in total. The number of hydrogen-bond acceptors (Lipinski definition) is 4. The summed E-state index contributed by atoms with van der Waals surface area (Å²) in [5.41, 5.74) is 9.23. The molecule has 0 fully saturated rings. The summed E-state index contributed by atoms with van der Waals surface area (Å²) < 4.78 is 10.4. The summed E-state index contributed by atoms with van der Waals surface area (Å²) >= 11 is 0. The predicted molar refractivity (Wildman–Crippen MR) is 182 cm³/mol. The van der Waals surface area contributed by atoms with Crippen LogP contribution in [0.15, 0.2) is 98.1 Å². The van der Waals surface area contributed by atoms with Gasteiger partial charge < -0.3 is 9.47 Å². The molecular weight excluding hydrogens is 544 g/mol. The number of ether oxygens (including phenoxy) is 2. The van der Waals surface area contributed by atoms with Gasteiger partial charge in [-0.2, -0.15) is 0 Å². The summed E-state index contributed by atoms with van der Waals surface area (Å²) in [6.07, 6.45) is 3.96. The van der Waals surface area contributed by atoms with Crippen molar-refractivity contribution in [2.45, 2.75) is 71.8 Å². The Morgan fingerprint density at radius 3 is 1.50 bits per heavy atom. The molecule has 228 valence electrons. The first kappa shape index (κ1) is 32.5. The Labute approximate surface area is 262 Å². The van der Waals surface area contributed by atoms with E-state index in [-0.39, 0.29) is 23.4 Å². The number of hydrogen-bond donors (Lipinski definition) is 0. The van der Waals surface area contributed by atoms with E-state index in [9.17, 15) is 9.59 Å². The molecule has 0 amide bonds. The van der Waals surface area contributed by atoms with Crippen molar-refractivity contribution in [2.24, 2.45) is 0 Å². The Morgan fingerprint density at radius 2 is 1.07 bits per heavy atom. The fraction of sp³-hybridized carbons (Fsp3) is 0.300. The number of carbonyl (C=O) groups excluding carboxylic acids is 2. The summed E-state index contributed by atoms with van der Waals surface area (Å²) in [7, 11) is 0. The van der Waals surface area contributed by atoms with Gasteiger partial charge >= 0.3 is 11.9 Å². The van der Waals surface area contributed by atoms with Crippen molar-refractivity contribution in [2.75, 3.05) is 6.61 Å². The molecule has 44 heavy (non-hydrogen) atoms. The zero-order valence-corrected chi connectivity index (χ0v) is 27.0. The fourth-order valence-electron chi connectivity index (χ4n) is 5.16. The van der Waals surface area contributed by atoms with E-state index in [1.54, 1.807) is 0 Å². The number of esters is 2. The van der Waals surface area contributed by atoms with Crippen molar-refractivity contribution >= 4 is 22.7 Å². The summed E-state index contributed by atoms with van der Waals surface area (Å²) in [5, 5.41) is 2.42. The predicted octanol–water partition coefficient (Wildman–Crippen LogP) is 9.66. The summed E-state index contributed by atoms with van der Waals surface area (Å²) in [5.74, 6) is -0.813. The topological polar surface area (TPSA) is 52.6 Å². The highest BCUT2D eigenvalue weighted by molar-refractivity contribution is 6.05. The van der Waals surface area contributed by atoms with Gasteiger partial charge in [-0.25, -0.2) is 9.59 Å². The minimum absolute atomic E-state index is 0.0510. The highest BCUT2D eigenvalue weighted by Crippen LogP contribution is 2.42. The van der Waals surface area contributed by atoms with Gasteiger partial charge in [-0.15, -0.1) is 0 Å². The van der Waals surface area contributed by atoms with Gasteiger partial charge in [-0.05, 0) is 103 Å².